The first-order chi connectivity index (χ1) is 21.2. The molecule has 1 aromatic heterocycles. The third-order valence-corrected chi connectivity index (χ3v) is 9.19. The number of hydrogen-bond donors (Lipinski definition) is 1. The van der Waals surface area contributed by atoms with Gasteiger partial charge in [-0.05, 0) is 42.7 Å². The first-order valence-corrected chi connectivity index (χ1v) is 14.4. The second-order valence-corrected chi connectivity index (χ2v) is 11.5. The Kier molecular flexibility index (Phi) is 6.59. The molecular weight excluding hydrogens is 570 g/mol. The fourth-order valence-electron chi connectivity index (χ4n) is 7.31. The van der Waals surface area contributed by atoms with Crippen molar-refractivity contribution in [2.75, 3.05) is 44.0 Å². The largest absolute Gasteiger partial charge is 0.733 e. The van der Waals surface area contributed by atoms with Crippen LogP contribution in [0.15, 0.2) is 53.3 Å². The molecular formula is C31H30N5O8-. The normalized spacial score (nSPS) is 21.4. The molecule has 7 rings (SSSR count). The van der Waals surface area contributed by atoms with E-state index < -0.39 is 17.0 Å². The molecule has 0 saturated carbocycles. The third kappa shape index (κ3) is 4.07. The number of fused-ring (bicyclic) bond motifs is 9. The van der Waals surface area contributed by atoms with Crippen molar-refractivity contribution in [3.05, 3.63) is 86.5 Å². The lowest BCUT2D eigenvalue weighted by atomic mass is 9.83. The summed E-state index contributed by atoms with van der Waals surface area (Å²) in [5.74, 6) is -0.147. The van der Waals surface area contributed by atoms with Crippen LogP contribution in [0.3, 0.4) is 0 Å². The lowest BCUT2D eigenvalue weighted by Crippen LogP contribution is -2.51. The average molecular weight is 601 g/mol. The summed E-state index contributed by atoms with van der Waals surface area (Å²) in [6.45, 7) is 1.23. The van der Waals surface area contributed by atoms with E-state index in [1.807, 2.05) is 0 Å². The van der Waals surface area contributed by atoms with Gasteiger partial charge in [-0.3, -0.25) is 29.3 Å². The number of methoxy groups -OCH3 is 2. The highest BCUT2D eigenvalue weighted by atomic mass is 16.8. The van der Waals surface area contributed by atoms with Crippen molar-refractivity contribution in [1.82, 2.24) is 14.4 Å². The van der Waals surface area contributed by atoms with Gasteiger partial charge in [-0.15, -0.1) is 0 Å². The maximum absolute atomic E-state index is 13.9. The van der Waals surface area contributed by atoms with Crippen molar-refractivity contribution >= 4 is 29.1 Å². The zero-order valence-electron chi connectivity index (χ0n) is 24.1. The molecule has 13 nitrogen and oxygen atoms in total. The van der Waals surface area contributed by atoms with Gasteiger partial charge in [0, 0.05) is 49.8 Å². The highest BCUT2D eigenvalue weighted by molar-refractivity contribution is 6.18. The molecule has 44 heavy (non-hydrogen) atoms. The zero-order valence-corrected chi connectivity index (χ0v) is 24.1. The molecule has 0 spiro atoms. The molecule has 4 aliphatic heterocycles. The molecule has 0 aliphatic carbocycles. The number of piperidine rings is 1. The molecule has 2 aromatic carbocycles. The molecule has 0 radical (unpaired) electrons. The molecule has 1 N–H and O–H groups in total. The summed E-state index contributed by atoms with van der Waals surface area (Å²) < 4.78 is 12.5. The van der Waals surface area contributed by atoms with Crippen LogP contribution in [0.1, 0.15) is 56.9 Å². The fraction of sp³-hybridized carbons (Fsp3) is 0.355. The maximum Gasteiger partial charge on any atom is 0.275 e. The number of ether oxygens (including phenoxy) is 2. The van der Waals surface area contributed by atoms with Gasteiger partial charge in [0.05, 0.1) is 31.0 Å². The Hall–Kier alpha value is -4.88. The summed E-state index contributed by atoms with van der Waals surface area (Å²) in [4.78, 5) is 59.1. The predicted octanol–water partition coefficient (Wildman–Crippen LogP) is 2.71. The molecule has 228 valence electrons. The molecule has 3 aromatic rings. The number of para-hydroxylation sites is 1. The third-order valence-electron chi connectivity index (χ3n) is 9.19. The van der Waals surface area contributed by atoms with Crippen molar-refractivity contribution in [2.45, 2.75) is 31.5 Å². The summed E-state index contributed by atoms with van der Waals surface area (Å²) in [5.41, 5.74) is 1.61. The number of amides is 3. The summed E-state index contributed by atoms with van der Waals surface area (Å²) >= 11 is 0. The van der Waals surface area contributed by atoms with Crippen molar-refractivity contribution in [2.24, 2.45) is 5.92 Å². The van der Waals surface area contributed by atoms with Crippen LogP contribution in [-0.4, -0.2) is 71.1 Å². The monoisotopic (exact) mass is 600 g/mol. The Balaban J connectivity index is 1.16. The van der Waals surface area contributed by atoms with E-state index in [0.29, 0.717) is 53.5 Å². The van der Waals surface area contributed by atoms with Gasteiger partial charge in [0.2, 0.25) is 5.91 Å². The second kappa shape index (κ2) is 10.4. The number of carbonyl (C=O) groups excluding carboxylic acids is 3. The van der Waals surface area contributed by atoms with Gasteiger partial charge in [-0.1, -0.05) is 18.2 Å². The van der Waals surface area contributed by atoms with Crippen LogP contribution in [0, 0.1) is 11.1 Å². The van der Waals surface area contributed by atoms with Gasteiger partial charge in [0.25, 0.3) is 17.4 Å². The maximum atomic E-state index is 13.9. The van der Waals surface area contributed by atoms with Crippen LogP contribution in [-0.2, 0) is 11.3 Å². The number of aromatic nitrogens is 1. The summed E-state index contributed by atoms with van der Waals surface area (Å²) in [7, 11) is 2.96. The molecule has 13 heteroatoms. The Morgan fingerprint density at radius 3 is 2.55 bits per heavy atom. The fourth-order valence-corrected chi connectivity index (χ4v) is 7.31. The minimum atomic E-state index is -0.756. The smallest absolute Gasteiger partial charge is 0.275 e. The van der Waals surface area contributed by atoms with E-state index in [0.717, 1.165) is 12.1 Å². The molecule has 4 aliphatic rings. The van der Waals surface area contributed by atoms with Crippen molar-refractivity contribution in [3.63, 3.8) is 0 Å². The van der Waals surface area contributed by atoms with Crippen molar-refractivity contribution in [3.8, 4) is 11.5 Å². The minimum absolute atomic E-state index is 0.00212. The van der Waals surface area contributed by atoms with Crippen LogP contribution < -0.4 is 25.2 Å². The Morgan fingerprint density at radius 1 is 1.00 bits per heavy atom. The first-order valence-electron chi connectivity index (χ1n) is 14.4. The SMILES string of the molecule is COc1ccc2c(c1OC)C(=O)N1c3ccccc3C(=O)N(CCC(=O)N3C[C@H]4C[C@@H](C3)c3ccc(N([O-])O)c(=O)n3C4)C21. The molecule has 5 heterocycles. The van der Waals surface area contributed by atoms with Crippen LogP contribution in [0.2, 0.25) is 0 Å². The highest BCUT2D eigenvalue weighted by Gasteiger charge is 2.49. The second-order valence-electron chi connectivity index (χ2n) is 11.5. The Labute approximate surface area is 251 Å². The van der Waals surface area contributed by atoms with Gasteiger partial charge in [-0.25, -0.2) is 0 Å². The van der Waals surface area contributed by atoms with E-state index in [1.165, 1.54) is 24.9 Å². The van der Waals surface area contributed by atoms with Gasteiger partial charge < -0.3 is 34.3 Å². The number of hydrogen-bond acceptors (Lipinski definition) is 9. The molecule has 1 unspecified atom stereocenters. The highest BCUT2D eigenvalue weighted by Crippen LogP contribution is 2.49. The lowest BCUT2D eigenvalue weighted by Gasteiger charge is -2.44. The van der Waals surface area contributed by atoms with Crippen LogP contribution in [0.5, 0.6) is 11.5 Å². The van der Waals surface area contributed by atoms with E-state index in [9.17, 15) is 29.6 Å². The Bertz CT molecular complexity index is 1770. The number of nitrogens with zero attached hydrogens (tertiary/aromatic N) is 5. The van der Waals surface area contributed by atoms with Gasteiger partial charge >= 0.3 is 0 Å². The summed E-state index contributed by atoms with van der Waals surface area (Å²) in [6, 6.07) is 13.4. The van der Waals surface area contributed by atoms with E-state index in [-0.39, 0.29) is 48.2 Å². The molecule has 2 bridgehead atoms. The lowest BCUT2D eigenvalue weighted by molar-refractivity contribution is -0.134. The topological polar surface area (TPSA) is 148 Å². The van der Waals surface area contributed by atoms with Crippen molar-refractivity contribution in [1.29, 1.82) is 0 Å². The van der Waals surface area contributed by atoms with Crippen LogP contribution in [0.25, 0.3) is 0 Å². The van der Waals surface area contributed by atoms with Crippen LogP contribution >= 0.6 is 0 Å². The number of benzene rings is 2. The predicted molar refractivity (Wildman–Crippen MR) is 157 cm³/mol. The number of pyridine rings is 1. The van der Waals surface area contributed by atoms with Crippen LogP contribution in [0.4, 0.5) is 11.4 Å². The summed E-state index contributed by atoms with van der Waals surface area (Å²) in [6.07, 6.45) is 0.0784. The molecule has 3 atom stereocenters. The first kappa shape index (κ1) is 27.9. The van der Waals surface area contributed by atoms with Gasteiger partial charge in [0.1, 0.15) is 11.9 Å². The van der Waals surface area contributed by atoms with E-state index in [2.05, 4.69) is 0 Å². The van der Waals surface area contributed by atoms with Gasteiger partial charge in [0.15, 0.2) is 11.5 Å². The molecule has 1 saturated heterocycles. The standard InChI is InChI=1S/C31H30N5O8/c1-43-24-10-7-20-26(27(24)44-2)31(40)35-22-6-4-3-5-19(22)29(38)33(28(20)35)12-11-25(37)32-14-17-13-18(16-32)21-8-9-23(36(41)42)30(39)34(21)15-17/h3-10,17-18,28,41H,11-16H2,1-2H3/q-1/t17-,18+,28?/m1/s1. The number of anilines is 2. The molecule has 3 amide bonds. The van der Waals surface area contributed by atoms with E-state index >= 15 is 0 Å². The Morgan fingerprint density at radius 2 is 1.80 bits per heavy atom. The quantitative estimate of drug-likeness (QED) is 0.422. The number of rotatable bonds is 6. The van der Waals surface area contributed by atoms with Crippen molar-refractivity contribution < 1.29 is 29.1 Å². The van der Waals surface area contributed by atoms with Gasteiger partial charge in [-0.2, -0.15) is 0 Å². The minimum Gasteiger partial charge on any atom is -0.733 e. The zero-order chi connectivity index (χ0) is 30.9. The molecule has 1 fully saturated rings. The number of likely N-dealkylation sites (tertiary alicyclic amines) is 1. The van der Waals surface area contributed by atoms with E-state index in [1.54, 1.807) is 57.2 Å². The summed E-state index contributed by atoms with van der Waals surface area (Å²) in [5, 5.41) is 20.3. The average Bonchev–Trinajstić information content (AvgIpc) is 3.32. The van der Waals surface area contributed by atoms with E-state index in [4.69, 9.17) is 9.47 Å². The number of carbonyl (C=O) groups is 3.